The first kappa shape index (κ1) is 17.4. The smallest absolute Gasteiger partial charge is 0.257 e. The SMILES string of the molecule is COc1ccc(C2CCCCCN2C(=O)c2cc(F)ccc2F)cc1. The highest BCUT2D eigenvalue weighted by atomic mass is 19.1. The summed E-state index contributed by atoms with van der Waals surface area (Å²) < 4.78 is 32.8. The van der Waals surface area contributed by atoms with E-state index in [0.717, 1.165) is 55.2 Å². The zero-order chi connectivity index (χ0) is 17.8. The third kappa shape index (κ3) is 3.81. The Morgan fingerprint density at radius 3 is 2.56 bits per heavy atom. The Bertz CT molecular complexity index is 746. The van der Waals surface area contributed by atoms with E-state index in [1.54, 1.807) is 12.0 Å². The number of benzene rings is 2. The molecule has 132 valence electrons. The van der Waals surface area contributed by atoms with Gasteiger partial charge in [0.2, 0.25) is 0 Å². The van der Waals surface area contributed by atoms with E-state index in [0.29, 0.717) is 6.54 Å². The molecule has 0 aliphatic carbocycles. The van der Waals surface area contributed by atoms with Crippen LogP contribution in [0.2, 0.25) is 0 Å². The van der Waals surface area contributed by atoms with Gasteiger partial charge in [0.05, 0.1) is 18.7 Å². The summed E-state index contributed by atoms with van der Waals surface area (Å²) in [7, 11) is 1.60. The number of halogens is 2. The van der Waals surface area contributed by atoms with Gasteiger partial charge in [0.25, 0.3) is 5.91 Å². The molecule has 3 nitrogen and oxygen atoms in total. The monoisotopic (exact) mass is 345 g/mol. The number of carbonyl (C=O) groups excluding carboxylic acids is 1. The third-order valence-corrected chi connectivity index (χ3v) is 4.67. The molecule has 2 aromatic carbocycles. The van der Waals surface area contributed by atoms with Gasteiger partial charge in [-0.2, -0.15) is 0 Å². The summed E-state index contributed by atoms with van der Waals surface area (Å²) >= 11 is 0. The largest absolute Gasteiger partial charge is 0.497 e. The average Bonchev–Trinajstić information content (AvgIpc) is 2.89. The highest BCUT2D eigenvalue weighted by molar-refractivity contribution is 5.94. The van der Waals surface area contributed by atoms with Gasteiger partial charge in [-0.05, 0) is 48.7 Å². The molecule has 1 fully saturated rings. The van der Waals surface area contributed by atoms with Gasteiger partial charge in [-0.1, -0.05) is 25.0 Å². The lowest BCUT2D eigenvalue weighted by Gasteiger charge is -2.31. The Labute approximate surface area is 146 Å². The van der Waals surface area contributed by atoms with Crippen molar-refractivity contribution in [2.45, 2.75) is 31.7 Å². The molecular weight excluding hydrogens is 324 g/mol. The van der Waals surface area contributed by atoms with Crippen LogP contribution in [0.15, 0.2) is 42.5 Å². The van der Waals surface area contributed by atoms with E-state index in [2.05, 4.69) is 0 Å². The van der Waals surface area contributed by atoms with Crippen LogP contribution >= 0.6 is 0 Å². The Hall–Kier alpha value is -2.43. The molecule has 0 bridgehead atoms. The highest BCUT2D eigenvalue weighted by Crippen LogP contribution is 2.32. The average molecular weight is 345 g/mol. The van der Waals surface area contributed by atoms with Crippen LogP contribution < -0.4 is 4.74 Å². The number of ether oxygens (including phenoxy) is 1. The zero-order valence-electron chi connectivity index (χ0n) is 14.2. The first-order chi connectivity index (χ1) is 12.1. The second-order valence-corrected chi connectivity index (χ2v) is 6.26. The maximum absolute atomic E-state index is 14.1. The van der Waals surface area contributed by atoms with Gasteiger partial charge in [0.15, 0.2) is 0 Å². The molecule has 1 atom stereocenters. The van der Waals surface area contributed by atoms with Crippen LogP contribution in [0, 0.1) is 11.6 Å². The Morgan fingerprint density at radius 2 is 1.84 bits per heavy atom. The fraction of sp³-hybridized carbons (Fsp3) is 0.350. The van der Waals surface area contributed by atoms with Gasteiger partial charge in [-0.25, -0.2) is 8.78 Å². The summed E-state index contributed by atoms with van der Waals surface area (Å²) in [5, 5.41) is 0. The van der Waals surface area contributed by atoms with Crippen LogP contribution in [0.5, 0.6) is 5.75 Å². The molecule has 0 saturated carbocycles. The number of nitrogens with zero attached hydrogens (tertiary/aromatic N) is 1. The van der Waals surface area contributed by atoms with Crippen LogP contribution in [0.1, 0.15) is 47.6 Å². The number of hydrogen-bond donors (Lipinski definition) is 0. The summed E-state index contributed by atoms with van der Waals surface area (Å²) in [4.78, 5) is 14.6. The molecule has 0 N–H and O–H groups in total. The van der Waals surface area contributed by atoms with E-state index in [-0.39, 0.29) is 11.6 Å². The molecule has 1 aliphatic heterocycles. The number of likely N-dealkylation sites (tertiary alicyclic amines) is 1. The predicted octanol–water partition coefficient (Wildman–Crippen LogP) is 4.73. The molecule has 1 unspecified atom stereocenters. The number of hydrogen-bond acceptors (Lipinski definition) is 2. The van der Waals surface area contributed by atoms with Crippen molar-refractivity contribution in [1.29, 1.82) is 0 Å². The number of methoxy groups -OCH3 is 1. The van der Waals surface area contributed by atoms with Gasteiger partial charge in [0, 0.05) is 6.54 Å². The lowest BCUT2D eigenvalue weighted by atomic mass is 9.99. The van der Waals surface area contributed by atoms with Crippen LogP contribution in [-0.4, -0.2) is 24.5 Å². The van der Waals surface area contributed by atoms with E-state index in [1.165, 1.54) is 0 Å². The topological polar surface area (TPSA) is 29.5 Å². The first-order valence-electron chi connectivity index (χ1n) is 8.50. The Kier molecular flexibility index (Phi) is 5.31. The molecular formula is C20H21F2NO2. The van der Waals surface area contributed by atoms with E-state index in [1.807, 2.05) is 24.3 Å². The van der Waals surface area contributed by atoms with E-state index < -0.39 is 17.5 Å². The van der Waals surface area contributed by atoms with Gasteiger partial charge in [-0.15, -0.1) is 0 Å². The summed E-state index contributed by atoms with van der Waals surface area (Å²) in [5.41, 5.74) is 0.772. The van der Waals surface area contributed by atoms with E-state index >= 15 is 0 Å². The zero-order valence-corrected chi connectivity index (χ0v) is 14.2. The fourth-order valence-electron chi connectivity index (χ4n) is 3.34. The van der Waals surface area contributed by atoms with Crippen LogP contribution in [0.4, 0.5) is 8.78 Å². The molecule has 1 aliphatic rings. The van der Waals surface area contributed by atoms with Crippen molar-refractivity contribution in [1.82, 2.24) is 4.90 Å². The molecule has 25 heavy (non-hydrogen) atoms. The van der Waals surface area contributed by atoms with Crippen molar-refractivity contribution in [2.24, 2.45) is 0 Å². The fourth-order valence-corrected chi connectivity index (χ4v) is 3.34. The van der Waals surface area contributed by atoms with Crippen LogP contribution in [0.3, 0.4) is 0 Å². The van der Waals surface area contributed by atoms with Gasteiger partial charge < -0.3 is 9.64 Å². The molecule has 1 amide bonds. The minimum Gasteiger partial charge on any atom is -0.497 e. The Balaban J connectivity index is 1.94. The van der Waals surface area contributed by atoms with E-state index in [4.69, 9.17) is 4.74 Å². The van der Waals surface area contributed by atoms with Crippen molar-refractivity contribution in [3.63, 3.8) is 0 Å². The lowest BCUT2D eigenvalue weighted by molar-refractivity contribution is 0.0675. The molecule has 2 aromatic rings. The van der Waals surface area contributed by atoms with Crippen molar-refractivity contribution < 1.29 is 18.3 Å². The Morgan fingerprint density at radius 1 is 1.08 bits per heavy atom. The third-order valence-electron chi connectivity index (χ3n) is 4.67. The molecule has 1 saturated heterocycles. The van der Waals surface area contributed by atoms with Gasteiger partial charge in [-0.3, -0.25) is 4.79 Å². The van der Waals surface area contributed by atoms with Gasteiger partial charge in [0.1, 0.15) is 17.4 Å². The summed E-state index contributed by atoms with van der Waals surface area (Å²) in [6.07, 6.45) is 3.67. The first-order valence-corrected chi connectivity index (χ1v) is 8.50. The lowest BCUT2D eigenvalue weighted by Crippen LogP contribution is -2.35. The van der Waals surface area contributed by atoms with Crippen molar-refractivity contribution in [3.05, 3.63) is 65.2 Å². The quantitative estimate of drug-likeness (QED) is 0.805. The molecule has 1 heterocycles. The number of amides is 1. The van der Waals surface area contributed by atoms with E-state index in [9.17, 15) is 13.6 Å². The van der Waals surface area contributed by atoms with Crippen molar-refractivity contribution >= 4 is 5.91 Å². The van der Waals surface area contributed by atoms with Crippen LogP contribution in [-0.2, 0) is 0 Å². The standard InChI is InChI=1S/C20H21F2NO2/c1-25-16-9-6-14(7-10-16)19-5-3-2-4-12-23(19)20(24)17-13-15(21)8-11-18(17)22/h6-11,13,19H,2-5,12H2,1H3. The van der Waals surface area contributed by atoms with Crippen molar-refractivity contribution in [3.8, 4) is 5.75 Å². The predicted molar refractivity (Wildman–Crippen MR) is 91.6 cm³/mol. The molecule has 0 radical (unpaired) electrons. The molecule has 0 spiro atoms. The molecule has 3 rings (SSSR count). The molecule has 0 aromatic heterocycles. The number of rotatable bonds is 3. The minimum atomic E-state index is -0.691. The molecule has 5 heteroatoms. The van der Waals surface area contributed by atoms with Gasteiger partial charge >= 0.3 is 0 Å². The maximum atomic E-state index is 14.1. The number of carbonyl (C=O) groups is 1. The van der Waals surface area contributed by atoms with Crippen LogP contribution in [0.25, 0.3) is 0 Å². The normalized spacial score (nSPS) is 17.9. The van der Waals surface area contributed by atoms with Crippen molar-refractivity contribution in [2.75, 3.05) is 13.7 Å². The second kappa shape index (κ2) is 7.64. The summed E-state index contributed by atoms with van der Waals surface area (Å²) in [5.74, 6) is -1.02. The summed E-state index contributed by atoms with van der Waals surface area (Å²) in [6, 6.07) is 10.4. The second-order valence-electron chi connectivity index (χ2n) is 6.26. The highest BCUT2D eigenvalue weighted by Gasteiger charge is 2.29. The summed E-state index contributed by atoms with van der Waals surface area (Å²) in [6.45, 7) is 0.533. The minimum absolute atomic E-state index is 0.149. The maximum Gasteiger partial charge on any atom is 0.257 e.